The highest BCUT2D eigenvalue weighted by Gasteiger charge is 2.17. The lowest BCUT2D eigenvalue weighted by molar-refractivity contribution is 0.0209. The molecule has 7 heteroatoms. The van der Waals surface area contributed by atoms with Crippen LogP contribution in [0.2, 0.25) is 0 Å². The molecule has 25 heavy (non-hydrogen) atoms. The normalized spacial score (nSPS) is 16.4. The number of carbonyl (C=O) groups excluding carboxylic acids is 1. The van der Waals surface area contributed by atoms with Crippen LogP contribution in [-0.2, 0) is 11.3 Å². The molecule has 2 heterocycles. The zero-order valence-electron chi connectivity index (χ0n) is 14.5. The van der Waals surface area contributed by atoms with E-state index < -0.39 is 0 Å². The van der Waals surface area contributed by atoms with Crippen molar-refractivity contribution in [1.82, 2.24) is 20.0 Å². The lowest BCUT2D eigenvalue weighted by Gasteiger charge is -2.32. The Kier molecular flexibility index (Phi) is 6.03. The molecule has 3 rings (SSSR count). The van der Waals surface area contributed by atoms with E-state index in [9.17, 15) is 4.79 Å². The summed E-state index contributed by atoms with van der Waals surface area (Å²) in [7, 11) is 0. The molecule has 1 atom stereocenters. The van der Waals surface area contributed by atoms with Gasteiger partial charge in [0.05, 0.1) is 19.8 Å². The summed E-state index contributed by atoms with van der Waals surface area (Å²) in [4.78, 5) is 14.4. The van der Waals surface area contributed by atoms with Crippen molar-refractivity contribution >= 4 is 11.7 Å². The van der Waals surface area contributed by atoms with E-state index in [0.717, 1.165) is 44.1 Å². The lowest BCUT2D eigenvalue weighted by atomic mass is 10.2. The number of nitrogens with one attached hydrogen (secondary N) is 2. The van der Waals surface area contributed by atoms with Crippen molar-refractivity contribution in [3.63, 3.8) is 0 Å². The molecule has 1 fully saturated rings. The van der Waals surface area contributed by atoms with Gasteiger partial charge in [0.1, 0.15) is 0 Å². The summed E-state index contributed by atoms with van der Waals surface area (Å²) in [5, 5.41) is 9.99. The molecule has 134 valence electrons. The van der Waals surface area contributed by atoms with Gasteiger partial charge in [-0.1, -0.05) is 12.1 Å². The summed E-state index contributed by atoms with van der Waals surface area (Å²) in [6.07, 6.45) is 3.69. The molecule has 2 amide bonds. The zero-order chi connectivity index (χ0) is 17.5. The number of anilines is 1. The molecule has 1 saturated heterocycles. The quantitative estimate of drug-likeness (QED) is 0.839. The third-order valence-electron chi connectivity index (χ3n) is 4.34. The number of urea groups is 1. The summed E-state index contributed by atoms with van der Waals surface area (Å²) in [6.45, 7) is 6.82. The van der Waals surface area contributed by atoms with Crippen LogP contribution in [0.4, 0.5) is 10.5 Å². The molecule has 7 nitrogen and oxygen atoms in total. The highest BCUT2D eigenvalue weighted by atomic mass is 16.5. The van der Waals surface area contributed by atoms with Gasteiger partial charge in [0.15, 0.2) is 0 Å². The number of morpholine rings is 1. The molecule has 2 N–H and O–H groups in total. The molecule has 1 aliphatic rings. The Bertz CT molecular complexity index is 651. The minimum atomic E-state index is -0.181. The van der Waals surface area contributed by atoms with E-state index in [2.05, 4.69) is 27.6 Å². The fourth-order valence-electron chi connectivity index (χ4n) is 2.84. The second-order valence-corrected chi connectivity index (χ2v) is 6.23. The highest BCUT2D eigenvalue weighted by molar-refractivity contribution is 5.89. The number of nitrogens with zero attached hydrogens (tertiary/aromatic N) is 3. The average molecular weight is 343 g/mol. The molecule has 0 saturated carbocycles. The van der Waals surface area contributed by atoms with Crippen LogP contribution in [0.3, 0.4) is 0 Å². The number of carbonyl (C=O) groups is 1. The van der Waals surface area contributed by atoms with Gasteiger partial charge in [-0.15, -0.1) is 0 Å². The maximum absolute atomic E-state index is 12.1. The van der Waals surface area contributed by atoms with Crippen molar-refractivity contribution in [1.29, 1.82) is 0 Å². The number of rotatable bonds is 6. The van der Waals surface area contributed by atoms with Crippen molar-refractivity contribution in [2.24, 2.45) is 0 Å². The molecule has 0 aliphatic carbocycles. The second kappa shape index (κ2) is 8.64. The Morgan fingerprint density at radius 3 is 2.72 bits per heavy atom. The molecule has 1 unspecified atom stereocenters. The van der Waals surface area contributed by atoms with Crippen LogP contribution >= 0.6 is 0 Å². The van der Waals surface area contributed by atoms with E-state index in [-0.39, 0.29) is 6.03 Å². The summed E-state index contributed by atoms with van der Waals surface area (Å²) in [5.41, 5.74) is 1.91. The lowest BCUT2D eigenvalue weighted by Crippen LogP contribution is -2.47. The van der Waals surface area contributed by atoms with Gasteiger partial charge in [-0.05, 0) is 30.7 Å². The summed E-state index contributed by atoms with van der Waals surface area (Å²) >= 11 is 0. The Hall–Kier alpha value is -2.38. The SMILES string of the molecule is CC(CNC(=O)Nc1ccc(Cn2cccn2)cc1)N1CCOCC1. The van der Waals surface area contributed by atoms with Crippen LogP contribution < -0.4 is 10.6 Å². The van der Waals surface area contributed by atoms with E-state index in [1.807, 2.05) is 41.2 Å². The molecule has 2 aromatic rings. The van der Waals surface area contributed by atoms with E-state index in [4.69, 9.17) is 4.74 Å². The first-order chi connectivity index (χ1) is 12.2. The van der Waals surface area contributed by atoms with Crippen LogP contribution in [-0.4, -0.2) is 59.6 Å². The van der Waals surface area contributed by atoms with Crippen molar-refractivity contribution < 1.29 is 9.53 Å². The van der Waals surface area contributed by atoms with Crippen LogP contribution in [0.25, 0.3) is 0 Å². The van der Waals surface area contributed by atoms with Crippen LogP contribution in [0.5, 0.6) is 0 Å². The standard InChI is InChI=1S/C18H25N5O2/c1-15(22-9-11-25-12-10-22)13-19-18(24)21-17-5-3-16(4-6-17)14-23-8-2-7-20-23/h2-8,15H,9-14H2,1H3,(H2,19,21,24). The van der Waals surface area contributed by atoms with E-state index in [1.54, 1.807) is 6.20 Å². The number of amides is 2. The smallest absolute Gasteiger partial charge is 0.319 e. The van der Waals surface area contributed by atoms with Gasteiger partial charge in [-0.25, -0.2) is 4.79 Å². The van der Waals surface area contributed by atoms with Gasteiger partial charge < -0.3 is 15.4 Å². The van der Waals surface area contributed by atoms with Crippen molar-refractivity contribution in [2.75, 3.05) is 38.2 Å². The van der Waals surface area contributed by atoms with Gasteiger partial charge in [0, 0.05) is 43.8 Å². The number of benzene rings is 1. The Labute approximate surface area is 148 Å². The number of hydrogen-bond acceptors (Lipinski definition) is 4. The van der Waals surface area contributed by atoms with E-state index in [1.165, 1.54) is 0 Å². The Morgan fingerprint density at radius 1 is 1.28 bits per heavy atom. The monoisotopic (exact) mass is 343 g/mol. The molecule has 0 bridgehead atoms. The molecular formula is C18H25N5O2. The van der Waals surface area contributed by atoms with Gasteiger partial charge in [-0.2, -0.15) is 5.10 Å². The molecule has 1 aliphatic heterocycles. The topological polar surface area (TPSA) is 71.4 Å². The summed E-state index contributed by atoms with van der Waals surface area (Å²) in [5.74, 6) is 0. The fraction of sp³-hybridized carbons (Fsp3) is 0.444. The van der Waals surface area contributed by atoms with Crippen molar-refractivity contribution in [3.05, 3.63) is 48.3 Å². The first kappa shape index (κ1) is 17.4. The van der Waals surface area contributed by atoms with E-state index >= 15 is 0 Å². The highest BCUT2D eigenvalue weighted by Crippen LogP contribution is 2.10. The number of aromatic nitrogens is 2. The number of hydrogen-bond donors (Lipinski definition) is 2. The van der Waals surface area contributed by atoms with Crippen LogP contribution in [0.15, 0.2) is 42.7 Å². The first-order valence-electron chi connectivity index (χ1n) is 8.64. The van der Waals surface area contributed by atoms with Crippen LogP contribution in [0, 0.1) is 0 Å². The largest absolute Gasteiger partial charge is 0.379 e. The molecule has 0 spiro atoms. The minimum Gasteiger partial charge on any atom is -0.379 e. The predicted octanol–water partition coefficient (Wildman–Crippen LogP) is 1.77. The predicted molar refractivity (Wildman–Crippen MR) is 96.6 cm³/mol. The molecule has 1 aromatic carbocycles. The summed E-state index contributed by atoms with van der Waals surface area (Å²) < 4.78 is 7.21. The molecular weight excluding hydrogens is 318 g/mol. The Balaban J connectivity index is 1.42. The second-order valence-electron chi connectivity index (χ2n) is 6.23. The zero-order valence-corrected chi connectivity index (χ0v) is 14.5. The number of ether oxygens (including phenoxy) is 1. The van der Waals surface area contributed by atoms with Crippen molar-refractivity contribution in [3.8, 4) is 0 Å². The minimum absolute atomic E-state index is 0.181. The first-order valence-corrected chi connectivity index (χ1v) is 8.64. The molecule has 1 aromatic heterocycles. The molecule has 0 radical (unpaired) electrons. The van der Waals surface area contributed by atoms with Gasteiger partial charge in [-0.3, -0.25) is 9.58 Å². The van der Waals surface area contributed by atoms with Crippen molar-refractivity contribution in [2.45, 2.75) is 19.5 Å². The van der Waals surface area contributed by atoms with Gasteiger partial charge in [0.25, 0.3) is 0 Å². The average Bonchev–Trinajstić information content (AvgIpc) is 3.15. The maximum Gasteiger partial charge on any atom is 0.319 e. The summed E-state index contributed by atoms with van der Waals surface area (Å²) in [6, 6.07) is 9.82. The van der Waals surface area contributed by atoms with Gasteiger partial charge in [0.2, 0.25) is 0 Å². The van der Waals surface area contributed by atoms with Gasteiger partial charge >= 0.3 is 6.03 Å². The Morgan fingerprint density at radius 2 is 2.04 bits per heavy atom. The third-order valence-corrected chi connectivity index (χ3v) is 4.34. The fourth-order valence-corrected chi connectivity index (χ4v) is 2.84. The third kappa shape index (κ3) is 5.30. The van der Waals surface area contributed by atoms with Crippen LogP contribution in [0.1, 0.15) is 12.5 Å². The van der Waals surface area contributed by atoms with E-state index in [0.29, 0.717) is 12.6 Å². The maximum atomic E-state index is 12.1.